The van der Waals surface area contributed by atoms with Crippen LogP contribution in [0.4, 0.5) is 23.3 Å². The molecule has 3 N–H and O–H groups in total. The zero-order valence-corrected chi connectivity index (χ0v) is 15.7. The van der Waals surface area contributed by atoms with Gasteiger partial charge in [0, 0.05) is 28.3 Å². The molecule has 122 valence electrons. The number of anilines is 4. The van der Waals surface area contributed by atoms with Gasteiger partial charge in [-0.15, -0.1) is 0 Å². The molecule has 1 aromatic carbocycles. The molecular weight excluding hydrogens is 436 g/mol. The molecule has 0 amide bonds. The Morgan fingerprint density at radius 3 is 2.71 bits per heavy atom. The largest absolute Gasteiger partial charge is 0.323 e. The summed E-state index contributed by atoms with van der Waals surface area (Å²) in [5, 5.41) is 13.8. The maximum atomic E-state index is 4.52. The van der Waals surface area contributed by atoms with E-state index in [1.165, 1.54) is 18.5 Å². The minimum absolute atomic E-state index is 0.505. The summed E-state index contributed by atoms with van der Waals surface area (Å²) in [5.41, 5.74) is 2.08. The maximum absolute atomic E-state index is 4.52. The molecule has 1 aliphatic rings. The smallest absolute Gasteiger partial charge is 0.229 e. The van der Waals surface area contributed by atoms with Crippen molar-refractivity contribution in [2.45, 2.75) is 18.8 Å². The SMILES string of the molecule is Brc1ccccc1Nc1ncc(Br)c(Nc2cc(C3CC3)[nH]n2)n1. The second-order valence-corrected chi connectivity index (χ2v) is 7.31. The lowest BCUT2D eigenvalue weighted by atomic mass is 10.3. The molecule has 1 aliphatic carbocycles. The van der Waals surface area contributed by atoms with Gasteiger partial charge in [0.05, 0.1) is 10.2 Å². The molecule has 4 rings (SSSR count). The number of H-pyrrole nitrogens is 1. The molecule has 0 bridgehead atoms. The monoisotopic (exact) mass is 448 g/mol. The Morgan fingerprint density at radius 1 is 1.08 bits per heavy atom. The summed E-state index contributed by atoms with van der Waals surface area (Å²) in [6, 6.07) is 9.86. The quantitative estimate of drug-likeness (QED) is 0.505. The summed E-state index contributed by atoms with van der Waals surface area (Å²) in [7, 11) is 0. The fraction of sp³-hybridized carbons (Fsp3) is 0.188. The van der Waals surface area contributed by atoms with E-state index in [4.69, 9.17) is 0 Å². The summed E-state index contributed by atoms with van der Waals surface area (Å²) in [6.07, 6.45) is 4.18. The molecule has 6 nitrogen and oxygen atoms in total. The van der Waals surface area contributed by atoms with Gasteiger partial charge in [0.15, 0.2) is 11.6 Å². The number of aromatic nitrogens is 4. The molecule has 3 aromatic rings. The van der Waals surface area contributed by atoms with Gasteiger partial charge in [0.2, 0.25) is 5.95 Å². The standard InChI is InChI=1S/C16H14Br2N6/c17-10-3-1-2-4-12(10)20-16-19-8-11(18)15(22-16)21-14-7-13(23-24-14)9-5-6-9/h1-4,7-9H,5-6H2,(H3,19,20,21,22,23,24). The third kappa shape index (κ3) is 3.44. The average molecular weight is 450 g/mol. The second kappa shape index (κ2) is 6.52. The van der Waals surface area contributed by atoms with Crippen LogP contribution < -0.4 is 10.6 Å². The van der Waals surface area contributed by atoms with Gasteiger partial charge in [0.1, 0.15) is 0 Å². The molecule has 8 heteroatoms. The molecule has 1 saturated carbocycles. The number of hydrogen-bond donors (Lipinski definition) is 3. The van der Waals surface area contributed by atoms with Gasteiger partial charge < -0.3 is 10.6 Å². The molecule has 0 aliphatic heterocycles. The maximum Gasteiger partial charge on any atom is 0.229 e. The van der Waals surface area contributed by atoms with Gasteiger partial charge in [-0.25, -0.2) is 4.98 Å². The van der Waals surface area contributed by atoms with Crippen LogP contribution in [0.15, 0.2) is 45.5 Å². The van der Waals surface area contributed by atoms with Crippen molar-refractivity contribution in [1.29, 1.82) is 0 Å². The zero-order chi connectivity index (χ0) is 16.5. The minimum atomic E-state index is 0.505. The molecule has 0 spiro atoms. The van der Waals surface area contributed by atoms with E-state index in [1.54, 1.807) is 6.20 Å². The molecule has 2 aromatic heterocycles. The molecule has 24 heavy (non-hydrogen) atoms. The van der Waals surface area contributed by atoms with Crippen LogP contribution in [0.2, 0.25) is 0 Å². The highest BCUT2D eigenvalue weighted by Gasteiger charge is 2.25. The van der Waals surface area contributed by atoms with Gasteiger partial charge in [-0.05, 0) is 56.8 Å². The summed E-state index contributed by atoms with van der Waals surface area (Å²) < 4.78 is 1.73. The van der Waals surface area contributed by atoms with E-state index in [-0.39, 0.29) is 0 Å². The molecule has 0 atom stereocenters. The average Bonchev–Trinajstić information content (AvgIpc) is 3.33. The molecular formula is C16H14Br2N6. The Balaban J connectivity index is 1.55. The summed E-state index contributed by atoms with van der Waals surface area (Å²) in [4.78, 5) is 8.82. The van der Waals surface area contributed by atoms with Gasteiger partial charge >= 0.3 is 0 Å². The van der Waals surface area contributed by atoms with Crippen LogP contribution in [0.1, 0.15) is 24.5 Å². The van der Waals surface area contributed by atoms with Crippen molar-refractivity contribution in [2.75, 3.05) is 10.6 Å². The first kappa shape index (κ1) is 15.6. The highest BCUT2D eigenvalue weighted by atomic mass is 79.9. The third-order valence-electron chi connectivity index (χ3n) is 3.73. The Labute approximate surface area is 155 Å². The first-order valence-corrected chi connectivity index (χ1v) is 9.14. The first-order chi connectivity index (χ1) is 11.7. The van der Waals surface area contributed by atoms with Crippen LogP contribution in [-0.4, -0.2) is 20.2 Å². The normalized spacial score (nSPS) is 13.8. The van der Waals surface area contributed by atoms with E-state index in [1.807, 2.05) is 30.3 Å². The van der Waals surface area contributed by atoms with Crippen LogP contribution in [-0.2, 0) is 0 Å². The van der Waals surface area contributed by atoms with E-state index < -0.39 is 0 Å². The Morgan fingerprint density at radius 2 is 1.92 bits per heavy atom. The lowest BCUT2D eigenvalue weighted by molar-refractivity contribution is 0.966. The lowest BCUT2D eigenvalue weighted by Gasteiger charge is -2.09. The lowest BCUT2D eigenvalue weighted by Crippen LogP contribution is -2.02. The van der Waals surface area contributed by atoms with Crippen molar-refractivity contribution in [2.24, 2.45) is 0 Å². The van der Waals surface area contributed by atoms with E-state index in [9.17, 15) is 0 Å². The molecule has 1 fully saturated rings. The Kier molecular flexibility index (Phi) is 4.24. The fourth-order valence-corrected chi connectivity index (χ4v) is 3.00. The van der Waals surface area contributed by atoms with Crippen LogP contribution >= 0.6 is 31.9 Å². The van der Waals surface area contributed by atoms with Crippen molar-refractivity contribution in [3.63, 3.8) is 0 Å². The number of hydrogen-bond acceptors (Lipinski definition) is 5. The molecule has 0 saturated heterocycles. The van der Waals surface area contributed by atoms with E-state index in [0.29, 0.717) is 17.7 Å². The van der Waals surface area contributed by atoms with Crippen molar-refractivity contribution in [3.8, 4) is 0 Å². The van der Waals surface area contributed by atoms with Crippen LogP contribution in [0.5, 0.6) is 0 Å². The van der Waals surface area contributed by atoms with Gasteiger partial charge in [0.25, 0.3) is 0 Å². The van der Waals surface area contributed by atoms with E-state index in [2.05, 4.69) is 62.7 Å². The third-order valence-corrected chi connectivity index (χ3v) is 5.00. The number of rotatable bonds is 5. The summed E-state index contributed by atoms with van der Waals surface area (Å²) in [6.45, 7) is 0. The van der Waals surface area contributed by atoms with Crippen molar-refractivity contribution >= 4 is 55.1 Å². The summed E-state index contributed by atoms with van der Waals surface area (Å²) in [5.74, 6) is 2.55. The number of halogens is 2. The fourth-order valence-electron chi connectivity index (χ4n) is 2.32. The molecule has 0 unspecified atom stereocenters. The predicted molar refractivity (Wildman–Crippen MR) is 101 cm³/mol. The van der Waals surface area contributed by atoms with Crippen molar-refractivity contribution < 1.29 is 0 Å². The predicted octanol–water partition coefficient (Wildman–Crippen LogP) is 5.09. The van der Waals surface area contributed by atoms with Crippen LogP contribution in [0, 0.1) is 0 Å². The highest BCUT2D eigenvalue weighted by molar-refractivity contribution is 9.11. The van der Waals surface area contributed by atoms with Gasteiger partial charge in [-0.3, -0.25) is 5.10 Å². The number of para-hydroxylation sites is 1. The highest BCUT2D eigenvalue weighted by Crippen LogP contribution is 2.39. The molecule has 0 radical (unpaired) electrons. The van der Waals surface area contributed by atoms with E-state index in [0.717, 1.165) is 20.5 Å². The van der Waals surface area contributed by atoms with Crippen molar-refractivity contribution in [1.82, 2.24) is 20.2 Å². The second-order valence-electron chi connectivity index (χ2n) is 5.60. The number of aromatic amines is 1. The topological polar surface area (TPSA) is 78.5 Å². The van der Waals surface area contributed by atoms with Gasteiger partial charge in [-0.1, -0.05) is 12.1 Å². The Hall–Kier alpha value is -1.93. The number of nitrogens with one attached hydrogen (secondary N) is 3. The van der Waals surface area contributed by atoms with Crippen molar-refractivity contribution in [3.05, 3.63) is 51.2 Å². The van der Waals surface area contributed by atoms with Gasteiger partial charge in [-0.2, -0.15) is 10.1 Å². The number of benzene rings is 1. The minimum Gasteiger partial charge on any atom is -0.323 e. The van der Waals surface area contributed by atoms with Crippen LogP contribution in [0.3, 0.4) is 0 Å². The first-order valence-electron chi connectivity index (χ1n) is 7.55. The number of nitrogens with zero attached hydrogens (tertiary/aromatic N) is 3. The van der Waals surface area contributed by atoms with Crippen LogP contribution in [0.25, 0.3) is 0 Å². The summed E-state index contributed by atoms with van der Waals surface area (Å²) >= 11 is 6.98. The molecule has 2 heterocycles. The zero-order valence-electron chi connectivity index (χ0n) is 12.6. The Bertz CT molecular complexity index is 875. The van der Waals surface area contributed by atoms with E-state index >= 15 is 0 Å².